The average Bonchev–Trinajstić information content (AvgIpc) is 2.17. The van der Waals surface area contributed by atoms with Gasteiger partial charge in [-0.25, -0.2) is 0 Å². The second-order valence-corrected chi connectivity index (χ2v) is 4.62. The van der Waals surface area contributed by atoms with Crippen molar-refractivity contribution in [2.75, 3.05) is 6.54 Å². The number of rotatable bonds is 4. The first-order chi connectivity index (χ1) is 6.79. The van der Waals surface area contributed by atoms with Crippen LogP contribution in [0.2, 0.25) is 0 Å². The molecule has 0 bridgehead atoms. The van der Waals surface area contributed by atoms with Gasteiger partial charge in [-0.3, -0.25) is 4.98 Å². The second-order valence-electron chi connectivity index (χ2n) is 4.62. The van der Waals surface area contributed by atoms with Crippen molar-refractivity contribution in [2.24, 2.45) is 5.41 Å². The Morgan fingerprint density at radius 3 is 2.53 bits per heavy atom. The quantitative estimate of drug-likeness (QED) is 0.854. The van der Waals surface area contributed by atoms with Crippen LogP contribution >= 0.6 is 12.4 Å². The zero-order valence-electron chi connectivity index (χ0n) is 9.20. The summed E-state index contributed by atoms with van der Waals surface area (Å²) in [5.41, 5.74) is 1.90. The third-order valence-electron chi connectivity index (χ3n) is 3.19. The number of pyridine rings is 1. The third kappa shape index (κ3) is 3.47. The summed E-state index contributed by atoms with van der Waals surface area (Å²) < 4.78 is 0. The lowest BCUT2D eigenvalue weighted by Gasteiger charge is -2.38. The molecule has 1 aromatic heterocycles. The van der Waals surface area contributed by atoms with Gasteiger partial charge in [0.2, 0.25) is 0 Å². The van der Waals surface area contributed by atoms with E-state index in [0.717, 1.165) is 13.1 Å². The van der Waals surface area contributed by atoms with Crippen molar-refractivity contribution >= 4 is 12.4 Å². The van der Waals surface area contributed by atoms with Crippen LogP contribution in [0.25, 0.3) is 0 Å². The Kier molecular flexibility index (Phi) is 4.55. The lowest BCUT2D eigenvalue weighted by Crippen LogP contribution is -2.36. The molecule has 0 radical (unpaired) electrons. The fourth-order valence-corrected chi connectivity index (χ4v) is 1.97. The lowest BCUT2D eigenvalue weighted by molar-refractivity contribution is 0.156. The fraction of sp³-hybridized carbons (Fsp3) is 0.583. The predicted molar refractivity (Wildman–Crippen MR) is 65.1 cm³/mol. The maximum Gasteiger partial charge on any atom is 0.0271 e. The van der Waals surface area contributed by atoms with Gasteiger partial charge in [0.1, 0.15) is 0 Å². The zero-order chi connectivity index (χ0) is 9.86. The topological polar surface area (TPSA) is 24.9 Å². The third-order valence-corrected chi connectivity index (χ3v) is 3.19. The van der Waals surface area contributed by atoms with E-state index in [1.807, 2.05) is 12.4 Å². The van der Waals surface area contributed by atoms with E-state index in [1.54, 1.807) is 0 Å². The van der Waals surface area contributed by atoms with Crippen molar-refractivity contribution in [3.8, 4) is 0 Å². The molecule has 84 valence electrons. The molecule has 1 aromatic rings. The molecule has 0 atom stereocenters. The Hall–Kier alpha value is -0.600. The van der Waals surface area contributed by atoms with Crippen molar-refractivity contribution in [1.29, 1.82) is 0 Å². The highest BCUT2D eigenvalue weighted by Crippen LogP contribution is 2.39. The SMILES string of the molecule is CC1(CNCc2ccncc2)CCC1.Cl. The van der Waals surface area contributed by atoms with Crippen LogP contribution in [0, 0.1) is 5.41 Å². The molecule has 15 heavy (non-hydrogen) atoms. The van der Waals surface area contributed by atoms with Crippen molar-refractivity contribution in [1.82, 2.24) is 10.3 Å². The Morgan fingerprint density at radius 2 is 2.00 bits per heavy atom. The summed E-state index contributed by atoms with van der Waals surface area (Å²) in [5.74, 6) is 0. The number of hydrogen-bond acceptors (Lipinski definition) is 2. The molecule has 0 spiro atoms. The van der Waals surface area contributed by atoms with E-state index in [-0.39, 0.29) is 12.4 Å². The van der Waals surface area contributed by atoms with Gasteiger partial charge in [-0.2, -0.15) is 0 Å². The van der Waals surface area contributed by atoms with Crippen molar-refractivity contribution in [3.63, 3.8) is 0 Å². The maximum absolute atomic E-state index is 4.00. The largest absolute Gasteiger partial charge is 0.312 e. The van der Waals surface area contributed by atoms with Gasteiger partial charge in [-0.1, -0.05) is 13.3 Å². The average molecular weight is 227 g/mol. The minimum Gasteiger partial charge on any atom is -0.312 e. The minimum absolute atomic E-state index is 0. The van der Waals surface area contributed by atoms with E-state index in [2.05, 4.69) is 29.4 Å². The fourth-order valence-electron chi connectivity index (χ4n) is 1.97. The first-order valence-corrected chi connectivity index (χ1v) is 5.38. The second kappa shape index (κ2) is 5.47. The predicted octanol–water partition coefficient (Wildman–Crippen LogP) is 2.78. The van der Waals surface area contributed by atoms with Crippen molar-refractivity contribution in [2.45, 2.75) is 32.7 Å². The van der Waals surface area contributed by atoms with Gasteiger partial charge >= 0.3 is 0 Å². The molecule has 0 aliphatic heterocycles. The molecule has 0 aromatic carbocycles. The van der Waals surface area contributed by atoms with Gasteiger partial charge in [-0.05, 0) is 36.0 Å². The molecular weight excluding hydrogens is 208 g/mol. The van der Waals surface area contributed by atoms with Crippen LogP contribution in [0.15, 0.2) is 24.5 Å². The Labute approximate surface area is 97.9 Å². The van der Waals surface area contributed by atoms with Crippen molar-refractivity contribution < 1.29 is 0 Å². The van der Waals surface area contributed by atoms with Crippen LogP contribution in [0.3, 0.4) is 0 Å². The molecular formula is C12H19ClN2. The molecule has 0 unspecified atom stereocenters. The highest BCUT2D eigenvalue weighted by Gasteiger charge is 2.30. The Morgan fingerprint density at radius 1 is 1.33 bits per heavy atom. The molecule has 2 rings (SSSR count). The zero-order valence-corrected chi connectivity index (χ0v) is 10.0. The molecule has 0 saturated heterocycles. The van der Waals surface area contributed by atoms with E-state index < -0.39 is 0 Å². The first kappa shape index (κ1) is 12.5. The van der Waals surface area contributed by atoms with Gasteiger partial charge in [0.25, 0.3) is 0 Å². The van der Waals surface area contributed by atoms with Gasteiger partial charge < -0.3 is 5.32 Å². The van der Waals surface area contributed by atoms with Gasteiger partial charge in [-0.15, -0.1) is 12.4 Å². The summed E-state index contributed by atoms with van der Waals surface area (Å²) >= 11 is 0. The van der Waals surface area contributed by atoms with Crippen molar-refractivity contribution in [3.05, 3.63) is 30.1 Å². The molecule has 1 fully saturated rings. The number of nitrogens with zero attached hydrogens (tertiary/aromatic N) is 1. The van der Waals surface area contributed by atoms with Crippen LogP contribution in [0.4, 0.5) is 0 Å². The number of nitrogens with one attached hydrogen (secondary N) is 1. The normalized spacial score (nSPS) is 17.7. The molecule has 1 aliphatic carbocycles. The van der Waals surface area contributed by atoms with E-state index in [0.29, 0.717) is 5.41 Å². The molecule has 1 heterocycles. The summed E-state index contributed by atoms with van der Waals surface area (Å²) in [6.07, 6.45) is 7.88. The highest BCUT2D eigenvalue weighted by molar-refractivity contribution is 5.85. The molecule has 2 nitrogen and oxygen atoms in total. The first-order valence-electron chi connectivity index (χ1n) is 5.38. The van der Waals surface area contributed by atoms with Gasteiger partial charge in [0, 0.05) is 25.5 Å². The van der Waals surface area contributed by atoms with Gasteiger partial charge in [0.05, 0.1) is 0 Å². The van der Waals surface area contributed by atoms with Crippen LogP contribution in [-0.4, -0.2) is 11.5 Å². The molecule has 1 saturated carbocycles. The van der Waals surface area contributed by atoms with Gasteiger partial charge in [0.15, 0.2) is 0 Å². The van der Waals surface area contributed by atoms with Crippen LogP contribution in [0.5, 0.6) is 0 Å². The van der Waals surface area contributed by atoms with E-state index in [4.69, 9.17) is 0 Å². The van der Waals surface area contributed by atoms with E-state index in [9.17, 15) is 0 Å². The standard InChI is InChI=1S/C12H18N2.ClH/c1-12(5-2-6-12)10-14-9-11-3-7-13-8-4-11;/h3-4,7-8,14H,2,5-6,9-10H2,1H3;1H. The maximum atomic E-state index is 4.00. The summed E-state index contributed by atoms with van der Waals surface area (Å²) in [6, 6.07) is 4.13. The monoisotopic (exact) mass is 226 g/mol. The molecule has 3 heteroatoms. The Bertz CT molecular complexity index is 283. The minimum atomic E-state index is 0. The number of hydrogen-bond donors (Lipinski definition) is 1. The Balaban J connectivity index is 0.00000112. The summed E-state index contributed by atoms with van der Waals surface area (Å²) in [5, 5.41) is 3.52. The molecule has 1 N–H and O–H groups in total. The smallest absolute Gasteiger partial charge is 0.0271 e. The van der Waals surface area contributed by atoms with E-state index >= 15 is 0 Å². The lowest BCUT2D eigenvalue weighted by atomic mass is 9.70. The molecule has 1 aliphatic rings. The van der Waals surface area contributed by atoms with Crippen LogP contribution in [0.1, 0.15) is 31.7 Å². The summed E-state index contributed by atoms with van der Waals surface area (Å²) in [6.45, 7) is 4.49. The number of aromatic nitrogens is 1. The van der Waals surface area contributed by atoms with Crippen LogP contribution < -0.4 is 5.32 Å². The van der Waals surface area contributed by atoms with Crippen LogP contribution in [-0.2, 0) is 6.54 Å². The van der Waals surface area contributed by atoms with E-state index in [1.165, 1.54) is 24.8 Å². The highest BCUT2D eigenvalue weighted by atomic mass is 35.5. The number of halogens is 1. The summed E-state index contributed by atoms with van der Waals surface area (Å²) in [7, 11) is 0. The molecule has 0 amide bonds. The summed E-state index contributed by atoms with van der Waals surface area (Å²) in [4.78, 5) is 4.00.